The highest BCUT2D eigenvalue weighted by Gasteiger charge is 2.20. The van der Waals surface area contributed by atoms with E-state index in [1.54, 1.807) is 11.8 Å². The lowest BCUT2D eigenvalue weighted by Crippen LogP contribution is -2.02. The number of imidazole rings is 1. The molecule has 0 saturated carbocycles. The minimum Gasteiger partial charge on any atom is -0.361 e. The van der Waals surface area contributed by atoms with Gasteiger partial charge in [0, 0.05) is 30.1 Å². The van der Waals surface area contributed by atoms with Gasteiger partial charge in [-0.2, -0.15) is 0 Å². The van der Waals surface area contributed by atoms with Crippen molar-refractivity contribution >= 4 is 11.8 Å². The molecule has 0 fully saturated rings. The first-order chi connectivity index (χ1) is 11.3. The zero-order valence-electron chi connectivity index (χ0n) is 13.2. The monoisotopic (exact) mass is 325 g/mol. The lowest BCUT2D eigenvalue weighted by Gasteiger charge is -2.11. The summed E-state index contributed by atoms with van der Waals surface area (Å²) in [6, 6.07) is 8.37. The van der Waals surface area contributed by atoms with Crippen molar-refractivity contribution in [3.8, 4) is 5.69 Å². The molecule has 0 radical (unpaired) electrons. The molecule has 3 aromatic rings. The van der Waals surface area contributed by atoms with Gasteiger partial charge in [0.1, 0.15) is 5.76 Å². The van der Waals surface area contributed by atoms with E-state index in [-0.39, 0.29) is 0 Å². The fourth-order valence-electron chi connectivity index (χ4n) is 3.11. The van der Waals surface area contributed by atoms with Gasteiger partial charge in [0.05, 0.1) is 11.4 Å². The first-order valence-corrected chi connectivity index (χ1v) is 9.00. The Hall–Kier alpha value is -2.01. The van der Waals surface area contributed by atoms with Crippen molar-refractivity contribution in [2.75, 3.05) is 0 Å². The van der Waals surface area contributed by atoms with Crippen LogP contribution in [0.25, 0.3) is 5.69 Å². The molecular weight excluding hydrogens is 306 g/mol. The molecular formula is C18H19N3OS. The van der Waals surface area contributed by atoms with E-state index in [0.717, 1.165) is 35.2 Å². The second-order valence-corrected chi connectivity index (χ2v) is 6.84. The van der Waals surface area contributed by atoms with E-state index in [1.165, 1.54) is 29.7 Å². The quantitative estimate of drug-likeness (QED) is 0.669. The van der Waals surface area contributed by atoms with Gasteiger partial charge in [0.2, 0.25) is 0 Å². The van der Waals surface area contributed by atoms with Crippen LogP contribution in [0.2, 0.25) is 0 Å². The summed E-state index contributed by atoms with van der Waals surface area (Å²) < 4.78 is 7.65. The lowest BCUT2D eigenvalue weighted by molar-refractivity contribution is 0.369. The third-order valence-corrected chi connectivity index (χ3v) is 5.33. The van der Waals surface area contributed by atoms with Gasteiger partial charge in [0.25, 0.3) is 0 Å². The van der Waals surface area contributed by atoms with E-state index in [1.807, 2.05) is 12.4 Å². The second-order valence-electron chi connectivity index (χ2n) is 5.89. The average Bonchev–Trinajstić information content (AvgIpc) is 3.20. The van der Waals surface area contributed by atoms with Gasteiger partial charge in [-0.3, -0.25) is 4.57 Å². The van der Waals surface area contributed by atoms with Gasteiger partial charge in [0.15, 0.2) is 5.16 Å². The van der Waals surface area contributed by atoms with Gasteiger partial charge >= 0.3 is 0 Å². The number of fused-ring (bicyclic) bond motifs is 1. The van der Waals surface area contributed by atoms with E-state index in [0.29, 0.717) is 0 Å². The summed E-state index contributed by atoms with van der Waals surface area (Å²) in [6.07, 6.45) is 8.46. The maximum absolute atomic E-state index is 5.50. The number of aryl methyl sites for hydroxylation is 2. The fourth-order valence-corrected chi connectivity index (χ4v) is 4.04. The van der Waals surface area contributed by atoms with E-state index in [4.69, 9.17) is 4.52 Å². The Labute approximate surface area is 139 Å². The Morgan fingerprint density at radius 1 is 1.22 bits per heavy atom. The Morgan fingerprint density at radius 2 is 2.09 bits per heavy atom. The van der Waals surface area contributed by atoms with Crippen molar-refractivity contribution in [1.82, 2.24) is 14.7 Å². The van der Waals surface area contributed by atoms with E-state index in [9.17, 15) is 0 Å². The molecule has 0 bridgehead atoms. The number of rotatable bonds is 4. The van der Waals surface area contributed by atoms with E-state index >= 15 is 0 Å². The third-order valence-electron chi connectivity index (χ3n) is 4.35. The standard InChI is InChI=1S/C18H19N3OS/c1-13-6-2-4-8-16(13)21-11-10-19-18(21)23-12-15-14-7-3-5-9-17(14)22-20-15/h2,4,6,8,10-11H,3,5,7,9,12H2,1H3. The molecule has 118 valence electrons. The summed E-state index contributed by atoms with van der Waals surface area (Å²) in [4.78, 5) is 4.51. The predicted molar refractivity (Wildman–Crippen MR) is 91.0 cm³/mol. The van der Waals surface area contributed by atoms with Crippen LogP contribution >= 0.6 is 11.8 Å². The highest BCUT2D eigenvalue weighted by molar-refractivity contribution is 7.98. The second kappa shape index (κ2) is 6.24. The minimum atomic E-state index is 0.807. The van der Waals surface area contributed by atoms with Crippen LogP contribution in [0.5, 0.6) is 0 Å². The highest BCUT2D eigenvalue weighted by Crippen LogP contribution is 2.30. The van der Waals surface area contributed by atoms with E-state index < -0.39 is 0 Å². The molecule has 2 aromatic heterocycles. The molecule has 0 N–H and O–H groups in total. The smallest absolute Gasteiger partial charge is 0.172 e. The number of benzene rings is 1. The maximum atomic E-state index is 5.50. The van der Waals surface area contributed by atoms with Crippen LogP contribution < -0.4 is 0 Å². The topological polar surface area (TPSA) is 43.9 Å². The molecule has 4 rings (SSSR count). The molecule has 1 aromatic carbocycles. The van der Waals surface area contributed by atoms with Gasteiger partial charge in [-0.1, -0.05) is 35.1 Å². The van der Waals surface area contributed by atoms with Crippen LogP contribution in [0, 0.1) is 6.92 Å². The lowest BCUT2D eigenvalue weighted by atomic mass is 9.97. The van der Waals surface area contributed by atoms with Crippen LogP contribution in [0.3, 0.4) is 0 Å². The molecule has 1 aliphatic carbocycles. The summed E-state index contributed by atoms with van der Waals surface area (Å²) in [5.74, 6) is 1.90. The predicted octanol–water partition coefficient (Wildman–Crippen LogP) is 4.34. The summed E-state index contributed by atoms with van der Waals surface area (Å²) in [7, 11) is 0. The van der Waals surface area contributed by atoms with Crippen molar-refractivity contribution in [3.05, 3.63) is 59.2 Å². The van der Waals surface area contributed by atoms with Gasteiger partial charge in [-0.25, -0.2) is 4.98 Å². The Kier molecular flexibility index (Phi) is 3.95. The normalized spacial score (nSPS) is 14.0. The highest BCUT2D eigenvalue weighted by atomic mass is 32.2. The fraction of sp³-hybridized carbons (Fsp3) is 0.333. The van der Waals surface area contributed by atoms with Crippen molar-refractivity contribution < 1.29 is 4.52 Å². The molecule has 0 atom stereocenters. The van der Waals surface area contributed by atoms with Crippen molar-refractivity contribution in [3.63, 3.8) is 0 Å². The number of hydrogen-bond acceptors (Lipinski definition) is 4. The Morgan fingerprint density at radius 3 is 3.00 bits per heavy atom. The molecule has 4 nitrogen and oxygen atoms in total. The van der Waals surface area contributed by atoms with E-state index in [2.05, 4.69) is 45.9 Å². The molecule has 0 amide bonds. The van der Waals surface area contributed by atoms with Crippen molar-refractivity contribution in [1.29, 1.82) is 0 Å². The molecule has 0 spiro atoms. The summed E-state index contributed by atoms with van der Waals surface area (Å²) in [6.45, 7) is 2.12. The number of thioether (sulfide) groups is 1. The number of para-hydroxylation sites is 1. The first kappa shape index (κ1) is 14.6. The Bertz CT molecular complexity index is 821. The van der Waals surface area contributed by atoms with Gasteiger partial charge < -0.3 is 4.52 Å². The third kappa shape index (κ3) is 2.81. The van der Waals surface area contributed by atoms with Crippen LogP contribution in [-0.4, -0.2) is 14.7 Å². The number of hydrogen-bond donors (Lipinski definition) is 0. The molecule has 0 unspecified atom stereocenters. The van der Waals surface area contributed by atoms with Crippen LogP contribution in [0.1, 0.15) is 35.4 Å². The molecule has 1 aliphatic rings. The molecule has 0 aliphatic heterocycles. The number of nitrogens with zero attached hydrogens (tertiary/aromatic N) is 3. The molecule has 0 saturated heterocycles. The molecule has 2 heterocycles. The zero-order chi connectivity index (χ0) is 15.6. The van der Waals surface area contributed by atoms with Crippen LogP contribution in [-0.2, 0) is 18.6 Å². The Balaban J connectivity index is 1.56. The number of aromatic nitrogens is 3. The summed E-state index contributed by atoms with van der Waals surface area (Å²) in [5, 5.41) is 5.28. The van der Waals surface area contributed by atoms with Crippen molar-refractivity contribution in [2.45, 2.75) is 43.5 Å². The van der Waals surface area contributed by atoms with Gasteiger partial charge in [-0.15, -0.1) is 0 Å². The van der Waals surface area contributed by atoms with Crippen LogP contribution in [0.15, 0.2) is 46.3 Å². The molecule has 23 heavy (non-hydrogen) atoms. The molecule has 5 heteroatoms. The average molecular weight is 325 g/mol. The zero-order valence-corrected chi connectivity index (χ0v) is 14.0. The van der Waals surface area contributed by atoms with Crippen molar-refractivity contribution in [2.24, 2.45) is 0 Å². The van der Waals surface area contributed by atoms with Gasteiger partial charge in [-0.05, 0) is 37.8 Å². The largest absolute Gasteiger partial charge is 0.361 e. The summed E-state index contributed by atoms with van der Waals surface area (Å²) in [5.41, 5.74) is 4.84. The SMILES string of the molecule is Cc1ccccc1-n1ccnc1SCc1noc2c1CCCC2. The summed E-state index contributed by atoms with van der Waals surface area (Å²) >= 11 is 1.72. The maximum Gasteiger partial charge on any atom is 0.172 e. The minimum absolute atomic E-state index is 0.807. The first-order valence-electron chi connectivity index (χ1n) is 8.01. The van der Waals surface area contributed by atoms with Crippen LogP contribution in [0.4, 0.5) is 0 Å².